The number of amidine groups is 1. The van der Waals surface area contributed by atoms with Gasteiger partial charge < -0.3 is 15.8 Å². The molecule has 6 nitrogen and oxygen atoms in total. The summed E-state index contributed by atoms with van der Waals surface area (Å²) in [5, 5.41) is 12.0. The minimum atomic E-state index is 0.0552. The lowest BCUT2D eigenvalue weighted by Crippen LogP contribution is -2.25. The third-order valence-electron chi connectivity index (χ3n) is 3.21. The predicted molar refractivity (Wildman–Crippen MR) is 82.6 cm³/mol. The molecule has 21 heavy (non-hydrogen) atoms. The summed E-state index contributed by atoms with van der Waals surface area (Å²) in [7, 11) is 1.90. The minimum Gasteiger partial charge on any atom is -0.409 e. The Kier molecular flexibility index (Phi) is 4.37. The maximum Gasteiger partial charge on any atom is 0.174 e. The van der Waals surface area contributed by atoms with Crippen LogP contribution in [0.5, 0.6) is 0 Å². The van der Waals surface area contributed by atoms with Crippen molar-refractivity contribution in [1.29, 1.82) is 0 Å². The molecule has 2 aromatic rings. The minimum absolute atomic E-state index is 0.0552. The summed E-state index contributed by atoms with van der Waals surface area (Å²) in [5.41, 5.74) is 9.21. The van der Waals surface area contributed by atoms with Gasteiger partial charge in [-0.1, -0.05) is 11.2 Å². The van der Waals surface area contributed by atoms with E-state index < -0.39 is 0 Å². The first kappa shape index (κ1) is 14.8. The molecule has 6 heteroatoms. The SMILES string of the molecule is Cc1cccc(CN(C)c2nccc(C)c2/C(N)=N/O)n1. The van der Waals surface area contributed by atoms with Crippen LogP contribution in [0.15, 0.2) is 35.6 Å². The average Bonchev–Trinajstić information content (AvgIpc) is 2.46. The maximum absolute atomic E-state index is 8.95. The quantitative estimate of drug-likeness (QED) is 0.387. The number of nitrogens with two attached hydrogens (primary N) is 1. The molecule has 0 aliphatic rings. The van der Waals surface area contributed by atoms with Crippen LogP contribution >= 0.6 is 0 Å². The van der Waals surface area contributed by atoms with E-state index in [2.05, 4.69) is 15.1 Å². The van der Waals surface area contributed by atoms with E-state index in [-0.39, 0.29) is 5.84 Å². The van der Waals surface area contributed by atoms with Crippen LogP contribution in [0.4, 0.5) is 5.82 Å². The van der Waals surface area contributed by atoms with Gasteiger partial charge in [0.05, 0.1) is 17.8 Å². The highest BCUT2D eigenvalue weighted by atomic mass is 16.4. The van der Waals surface area contributed by atoms with Gasteiger partial charge in [0.1, 0.15) is 5.82 Å². The molecule has 0 aromatic carbocycles. The first-order valence-electron chi connectivity index (χ1n) is 6.60. The van der Waals surface area contributed by atoms with Gasteiger partial charge in [0.15, 0.2) is 5.84 Å². The zero-order valence-corrected chi connectivity index (χ0v) is 12.4. The Labute approximate surface area is 123 Å². The van der Waals surface area contributed by atoms with Crippen molar-refractivity contribution >= 4 is 11.7 Å². The number of hydrogen-bond acceptors (Lipinski definition) is 5. The molecule has 0 spiro atoms. The Hall–Kier alpha value is -2.63. The summed E-state index contributed by atoms with van der Waals surface area (Å²) in [6, 6.07) is 7.72. The molecule has 0 radical (unpaired) electrons. The smallest absolute Gasteiger partial charge is 0.174 e. The molecule has 0 saturated carbocycles. The van der Waals surface area contributed by atoms with E-state index >= 15 is 0 Å². The maximum atomic E-state index is 8.95. The fourth-order valence-electron chi connectivity index (χ4n) is 2.21. The van der Waals surface area contributed by atoms with E-state index in [0.717, 1.165) is 17.0 Å². The summed E-state index contributed by atoms with van der Waals surface area (Å²) < 4.78 is 0. The van der Waals surface area contributed by atoms with Gasteiger partial charge in [-0.25, -0.2) is 4.98 Å². The Balaban J connectivity index is 2.35. The monoisotopic (exact) mass is 285 g/mol. The molecule has 2 aromatic heterocycles. The normalized spacial score (nSPS) is 11.5. The van der Waals surface area contributed by atoms with Crippen molar-refractivity contribution in [2.45, 2.75) is 20.4 Å². The van der Waals surface area contributed by atoms with E-state index in [4.69, 9.17) is 10.9 Å². The lowest BCUT2D eigenvalue weighted by Gasteiger charge is -2.21. The van der Waals surface area contributed by atoms with Gasteiger partial charge in [0.2, 0.25) is 0 Å². The number of hydrogen-bond donors (Lipinski definition) is 2. The van der Waals surface area contributed by atoms with Crippen molar-refractivity contribution in [3.63, 3.8) is 0 Å². The van der Waals surface area contributed by atoms with E-state index in [1.165, 1.54) is 0 Å². The van der Waals surface area contributed by atoms with Gasteiger partial charge in [-0.3, -0.25) is 4.98 Å². The molecular weight excluding hydrogens is 266 g/mol. The van der Waals surface area contributed by atoms with Crippen molar-refractivity contribution in [2.75, 3.05) is 11.9 Å². The first-order valence-corrected chi connectivity index (χ1v) is 6.60. The molecule has 0 bridgehead atoms. The number of nitrogens with zero attached hydrogens (tertiary/aromatic N) is 4. The molecule has 0 saturated heterocycles. The van der Waals surface area contributed by atoms with Crippen LogP contribution in [-0.2, 0) is 6.54 Å². The van der Waals surface area contributed by atoms with E-state index in [0.29, 0.717) is 17.9 Å². The summed E-state index contributed by atoms with van der Waals surface area (Å²) in [6.07, 6.45) is 1.71. The number of aryl methyl sites for hydroxylation is 2. The van der Waals surface area contributed by atoms with Gasteiger partial charge in [0.25, 0.3) is 0 Å². The third-order valence-corrected chi connectivity index (χ3v) is 3.21. The van der Waals surface area contributed by atoms with E-state index in [1.54, 1.807) is 6.20 Å². The van der Waals surface area contributed by atoms with Crippen molar-refractivity contribution in [3.8, 4) is 0 Å². The zero-order valence-electron chi connectivity index (χ0n) is 12.4. The van der Waals surface area contributed by atoms with Gasteiger partial charge in [-0.05, 0) is 37.6 Å². The lowest BCUT2D eigenvalue weighted by molar-refractivity contribution is 0.318. The van der Waals surface area contributed by atoms with Crippen LogP contribution in [0.1, 0.15) is 22.5 Å². The van der Waals surface area contributed by atoms with Gasteiger partial charge >= 0.3 is 0 Å². The first-order chi connectivity index (χ1) is 10.0. The highest BCUT2D eigenvalue weighted by Gasteiger charge is 2.15. The molecule has 0 amide bonds. The summed E-state index contributed by atoms with van der Waals surface area (Å²) in [5.74, 6) is 0.716. The molecule has 0 unspecified atom stereocenters. The fourth-order valence-corrected chi connectivity index (χ4v) is 2.21. The molecule has 0 fully saturated rings. The number of pyridine rings is 2. The lowest BCUT2D eigenvalue weighted by atomic mass is 10.1. The summed E-state index contributed by atoms with van der Waals surface area (Å²) in [6.45, 7) is 4.44. The molecule has 2 heterocycles. The van der Waals surface area contributed by atoms with Gasteiger partial charge in [0, 0.05) is 18.9 Å². The Morgan fingerprint density at radius 1 is 1.33 bits per heavy atom. The highest BCUT2D eigenvalue weighted by Crippen LogP contribution is 2.21. The standard InChI is InChI=1S/C15H19N5O/c1-10-7-8-17-15(13(10)14(16)19-21)20(3)9-12-6-4-5-11(2)18-12/h4-8,21H,9H2,1-3H3,(H2,16,19). The molecule has 110 valence electrons. The second-order valence-electron chi connectivity index (χ2n) is 4.94. The Morgan fingerprint density at radius 3 is 2.76 bits per heavy atom. The number of rotatable bonds is 4. The second kappa shape index (κ2) is 6.21. The molecule has 0 aliphatic carbocycles. The highest BCUT2D eigenvalue weighted by molar-refractivity contribution is 6.02. The Morgan fingerprint density at radius 2 is 2.10 bits per heavy atom. The average molecular weight is 285 g/mol. The van der Waals surface area contributed by atoms with Crippen molar-refractivity contribution in [2.24, 2.45) is 10.9 Å². The van der Waals surface area contributed by atoms with E-state index in [1.807, 2.05) is 50.1 Å². The third kappa shape index (κ3) is 3.28. The predicted octanol–water partition coefficient (Wildman–Crippen LogP) is 1.82. The number of oxime groups is 1. The van der Waals surface area contributed by atoms with Crippen LogP contribution in [0, 0.1) is 13.8 Å². The zero-order chi connectivity index (χ0) is 15.4. The number of anilines is 1. The summed E-state index contributed by atoms with van der Waals surface area (Å²) in [4.78, 5) is 10.8. The summed E-state index contributed by atoms with van der Waals surface area (Å²) >= 11 is 0. The van der Waals surface area contributed by atoms with Crippen LogP contribution in [0.3, 0.4) is 0 Å². The van der Waals surface area contributed by atoms with Crippen LogP contribution in [0.25, 0.3) is 0 Å². The van der Waals surface area contributed by atoms with Crippen molar-refractivity contribution in [1.82, 2.24) is 9.97 Å². The van der Waals surface area contributed by atoms with Crippen molar-refractivity contribution in [3.05, 3.63) is 53.0 Å². The second-order valence-corrected chi connectivity index (χ2v) is 4.94. The molecule has 0 atom stereocenters. The van der Waals surface area contributed by atoms with Crippen molar-refractivity contribution < 1.29 is 5.21 Å². The molecule has 0 aliphatic heterocycles. The molecule has 3 N–H and O–H groups in total. The van der Waals surface area contributed by atoms with Crippen LogP contribution in [-0.4, -0.2) is 28.1 Å². The molecule has 2 rings (SSSR count). The van der Waals surface area contributed by atoms with Gasteiger partial charge in [-0.2, -0.15) is 0 Å². The Bertz CT molecular complexity index is 669. The van der Waals surface area contributed by atoms with Crippen LogP contribution < -0.4 is 10.6 Å². The van der Waals surface area contributed by atoms with Gasteiger partial charge in [-0.15, -0.1) is 0 Å². The molecular formula is C15H19N5O. The topological polar surface area (TPSA) is 87.6 Å². The van der Waals surface area contributed by atoms with Crippen LogP contribution in [0.2, 0.25) is 0 Å². The fraction of sp³-hybridized carbons (Fsp3) is 0.267. The van der Waals surface area contributed by atoms with E-state index in [9.17, 15) is 0 Å². The largest absolute Gasteiger partial charge is 0.409 e. The number of aromatic nitrogens is 2.